The smallest absolute Gasteiger partial charge is 0.233 e. The summed E-state index contributed by atoms with van der Waals surface area (Å²) in [7, 11) is 0. The van der Waals surface area contributed by atoms with Crippen molar-refractivity contribution in [3.63, 3.8) is 0 Å². The second kappa shape index (κ2) is 6.69. The van der Waals surface area contributed by atoms with E-state index in [9.17, 15) is 9.59 Å². The summed E-state index contributed by atoms with van der Waals surface area (Å²) in [5.41, 5.74) is 2.82. The molecule has 2 aromatic rings. The normalized spacial score (nSPS) is 11.0. The van der Waals surface area contributed by atoms with Crippen molar-refractivity contribution in [2.45, 2.75) is 39.5 Å². The van der Waals surface area contributed by atoms with Gasteiger partial charge in [0.25, 0.3) is 0 Å². The molecule has 2 rings (SSSR count). The molecule has 0 fully saturated rings. The summed E-state index contributed by atoms with van der Waals surface area (Å²) in [6.07, 6.45) is 0. The van der Waals surface area contributed by atoms with E-state index in [2.05, 4.69) is 33.8 Å². The Balaban J connectivity index is 2.43. The van der Waals surface area contributed by atoms with Crippen molar-refractivity contribution < 1.29 is 9.59 Å². The Labute approximate surface area is 132 Å². The Morgan fingerprint density at radius 1 is 0.773 bits per heavy atom. The molecule has 0 heterocycles. The highest BCUT2D eigenvalue weighted by Crippen LogP contribution is 2.23. The Morgan fingerprint density at radius 2 is 1.23 bits per heavy atom. The van der Waals surface area contributed by atoms with Crippen molar-refractivity contribution in [1.82, 2.24) is 0 Å². The molecule has 0 aromatic heterocycles. The molecule has 113 valence electrons. The minimum atomic E-state index is -0.462. The van der Waals surface area contributed by atoms with Gasteiger partial charge < -0.3 is 0 Å². The van der Waals surface area contributed by atoms with Crippen LogP contribution in [0.4, 0.5) is 0 Å². The topological polar surface area (TPSA) is 34.1 Å². The maximum atomic E-state index is 12.5. The molecule has 0 saturated carbocycles. The first-order chi connectivity index (χ1) is 10.4. The molecule has 2 aromatic carbocycles. The second-order valence-corrected chi connectivity index (χ2v) is 6.11. The van der Waals surface area contributed by atoms with Crippen LogP contribution in [0.5, 0.6) is 0 Å². The first kappa shape index (κ1) is 16.2. The van der Waals surface area contributed by atoms with Gasteiger partial charge in [0.05, 0.1) is 0 Å². The van der Waals surface area contributed by atoms with Gasteiger partial charge in [-0.2, -0.15) is 0 Å². The third-order valence-electron chi connectivity index (χ3n) is 3.66. The summed E-state index contributed by atoms with van der Waals surface area (Å²) in [5, 5.41) is 0. The summed E-state index contributed by atoms with van der Waals surface area (Å²) in [5.74, 6) is -0.394. The van der Waals surface area contributed by atoms with E-state index in [1.165, 1.54) is 0 Å². The molecule has 1 radical (unpaired) electrons. The number of carbonyl (C=O) groups is 2. The summed E-state index contributed by atoms with van der Waals surface area (Å²) < 4.78 is 0. The lowest BCUT2D eigenvalue weighted by molar-refractivity contribution is 0.0817. The first-order valence-corrected chi connectivity index (χ1v) is 7.61. The standard InChI is InChI=1S/C20H21O2/c1-13(2)16-10-17(14(3)4)12-18(11-16)20(22)19(21)15-8-6-5-7-9-15/h5-9,11-14H,1-4H3. The maximum absolute atomic E-state index is 12.5. The van der Waals surface area contributed by atoms with E-state index in [-0.39, 0.29) is 11.8 Å². The largest absolute Gasteiger partial charge is 0.285 e. The fraction of sp³-hybridized carbons (Fsp3) is 0.300. The number of hydrogen-bond acceptors (Lipinski definition) is 2. The SMILES string of the molecule is CC(C)c1[c]c(C(C)C)cc(C(=O)C(=O)c2ccccc2)c1. The molecule has 2 heteroatoms. The van der Waals surface area contributed by atoms with Crippen LogP contribution >= 0.6 is 0 Å². The zero-order valence-electron chi connectivity index (χ0n) is 13.5. The van der Waals surface area contributed by atoms with Crippen LogP contribution in [0.2, 0.25) is 0 Å². The Bertz CT molecular complexity index is 656. The van der Waals surface area contributed by atoms with Gasteiger partial charge in [0.15, 0.2) is 0 Å². The number of hydrogen-bond donors (Lipinski definition) is 0. The minimum absolute atomic E-state index is 0.261. The quantitative estimate of drug-likeness (QED) is 0.586. The fourth-order valence-electron chi connectivity index (χ4n) is 2.22. The summed E-state index contributed by atoms with van der Waals surface area (Å²) >= 11 is 0. The Kier molecular flexibility index (Phi) is 4.92. The van der Waals surface area contributed by atoms with Gasteiger partial charge in [-0.1, -0.05) is 58.0 Å². The molecule has 22 heavy (non-hydrogen) atoms. The van der Waals surface area contributed by atoms with Gasteiger partial charge in [0.1, 0.15) is 0 Å². The molecule has 0 unspecified atom stereocenters. The first-order valence-electron chi connectivity index (χ1n) is 7.61. The van der Waals surface area contributed by atoms with Gasteiger partial charge in [-0.05, 0) is 41.2 Å². The van der Waals surface area contributed by atoms with Crippen LogP contribution in [-0.4, -0.2) is 11.6 Å². The number of carbonyl (C=O) groups excluding carboxylic acids is 2. The molecule has 0 aliphatic carbocycles. The lowest BCUT2D eigenvalue weighted by Crippen LogP contribution is -2.15. The van der Waals surface area contributed by atoms with Crippen LogP contribution in [0, 0.1) is 6.07 Å². The number of rotatable bonds is 5. The molecule has 0 atom stereocenters. The Hall–Kier alpha value is -2.22. The van der Waals surface area contributed by atoms with Crippen molar-refractivity contribution in [2.24, 2.45) is 0 Å². The van der Waals surface area contributed by atoms with Gasteiger partial charge >= 0.3 is 0 Å². The van der Waals surface area contributed by atoms with Crippen LogP contribution in [0.1, 0.15) is 71.4 Å². The van der Waals surface area contributed by atoms with Crippen molar-refractivity contribution in [2.75, 3.05) is 0 Å². The summed E-state index contributed by atoms with van der Waals surface area (Å²) in [4.78, 5) is 24.9. The van der Waals surface area contributed by atoms with Gasteiger partial charge in [-0.25, -0.2) is 0 Å². The molecule has 0 bridgehead atoms. The summed E-state index contributed by atoms with van der Waals surface area (Å²) in [6.45, 7) is 8.23. The van der Waals surface area contributed by atoms with Crippen molar-refractivity contribution in [3.8, 4) is 0 Å². The number of ketones is 2. The lowest BCUT2D eigenvalue weighted by Gasteiger charge is -2.13. The van der Waals surface area contributed by atoms with Gasteiger partial charge in [-0.15, -0.1) is 0 Å². The van der Waals surface area contributed by atoms with E-state index in [0.29, 0.717) is 11.1 Å². The van der Waals surface area contributed by atoms with Gasteiger partial charge in [0, 0.05) is 11.1 Å². The van der Waals surface area contributed by atoms with E-state index >= 15 is 0 Å². The van der Waals surface area contributed by atoms with E-state index in [1.54, 1.807) is 36.4 Å². The van der Waals surface area contributed by atoms with Crippen LogP contribution in [0.25, 0.3) is 0 Å². The molecular formula is C20H21O2. The third-order valence-corrected chi connectivity index (χ3v) is 3.66. The van der Waals surface area contributed by atoms with E-state index in [0.717, 1.165) is 11.1 Å². The molecule has 0 aliphatic rings. The molecule has 0 N–H and O–H groups in total. The fourth-order valence-corrected chi connectivity index (χ4v) is 2.22. The highest BCUT2D eigenvalue weighted by atomic mass is 16.2. The van der Waals surface area contributed by atoms with E-state index in [4.69, 9.17) is 0 Å². The molecule has 0 spiro atoms. The number of benzene rings is 2. The van der Waals surface area contributed by atoms with Gasteiger partial charge in [-0.3, -0.25) is 9.59 Å². The van der Waals surface area contributed by atoms with Crippen molar-refractivity contribution in [3.05, 3.63) is 70.8 Å². The second-order valence-electron chi connectivity index (χ2n) is 6.11. The zero-order chi connectivity index (χ0) is 16.3. The average molecular weight is 293 g/mol. The van der Waals surface area contributed by atoms with Crippen molar-refractivity contribution in [1.29, 1.82) is 0 Å². The lowest BCUT2D eigenvalue weighted by atomic mass is 9.90. The zero-order valence-corrected chi connectivity index (χ0v) is 13.5. The summed E-state index contributed by atoms with van der Waals surface area (Å²) in [6, 6.07) is 15.6. The molecule has 0 aliphatic heterocycles. The maximum Gasteiger partial charge on any atom is 0.233 e. The third kappa shape index (κ3) is 3.51. The molecule has 0 saturated heterocycles. The highest BCUT2D eigenvalue weighted by molar-refractivity contribution is 6.49. The van der Waals surface area contributed by atoms with Gasteiger partial charge in [0.2, 0.25) is 11.6 Å². The Morgan fingerprint density at radius 3 is 1.68 bits per heavy atom. The van der Waals surface area contributed by atoms with Crippen LogP contribution in [-0.2, 0) is 0 Å². The predicted octanol–water partition coefficient (Wildman–Crippen LogP) is 4.80. The highest BCUT2D eigenvalue weighted by Gasteiger charge is 2.20. The van der Waals surface area contributed by atoms with Crippen LogP contribution < -0.4 is 0 Å². The molecule has 2 nitrogen and oxygen atoms in total. The molecular weight excluding hydrogens is 272 g/mol. The minimum Gasteiger partial charge on any atom is -0.285 e. The average Bonchev–Trinajstić information content (AvgIpc) is 2.53. The van der Waals surface area contributed by atoms with E-state index < -0.39 is 11.6 Å². The van der Waals surface area contributed by atoms with Crippen LogP contribution in [0.15, 0.2) is 42.5 Å². The predicted molar refractivity (Wildman–Crippen MR) is 88.6 cm³/mol. The molecule has 0 amide bonds. The monoisotopic (exact) mass is 293 g/mol. The number of Topliss-reactive ketones (excluding diaryl/α,β-unsaturated/α-hetero) is 2. The van der Waals surface area contributed by atoms with Crippen molar-refractivity contribution >= 4 is 11.6 Å². The van der Waals surface area contributed by atoms with Crippen LogP contribution in [0.3, 0.4) is 0 Å². The van der Waals surface area contributed by atoms with E-state index in [1.807, 2.05) is 6.07 Å².